The zero-order valence-corrected chi connectivity index (χ0v) is 11.0. The largest absolute Gasteiger partial charge is 0.492 e. The van der Waals surface area contributed by atoms with E-state index in [9.17, 15) is 9.59 Å². The molecule has 6 nitrogen and oxygen atoms in total. The lowest BCUT2D eigenvalue weighted by Crippen LogP contribution is -2.37. The van der Waals surface area contributed by atoms with Gasteiger partial charge >= 0.3 is 5.97 Å². The predicted molar refractivity (Wildman–Crippen MR) is 70.5 cm³/mol. The molecule has 1 saturated heterocycles. The SMILES string of the molecule is O=C(NCCOc1ccccc1)[C@@H]1CC[C@H](C(=O)O)O1. The van der Waals surface area contributed by atoms with Crippen molar-refractivity contribution < 1.29 is 24.2 Å². The van der Waals surface area contributed by atoms with Gasteiger partial charge in [0.1, 0.15) is 18.5 Å². The molecule has 0 aromatic heterocycles. The number of carboxylic acids is 1. The van der Waals surface area contributed by atoms with Crippen LogP contribution in [0.25, 0.3) is 0 Å². The number of amides is 1. The Morgan fingerprint density at radius 2 is 1.95 bits per heavy atom. The zero-order valence-electron chi connectivity index (χ0n) is 11.0. The Morgan fingerprint density at radius 1 is 1.25 bits per heavy atom. The van der Waals surface area contributed by atoms with E-state index in [0.29, 0.717) is 26.0 Å². The number of ether oxygens (including phenoxy) is 2. The van der Waals surface area contributed by atoms with Gasteiger partial charge in [0.25, 0.3) is 0 Å². The van der Waals surface area contributed by atoms with Crippen LogP contribution in [0.1, 0.15) is 12.8 Å². The minimum absolute atomic E-state index is 0.287. The monoisotopic (exact) mass is 279 g/mol. The maximum Gasteiger partial charge on any atom is 0.332 e. The van der Waals surface area contributed by atoms with Gasteiger partial charge in [0.2, 0.25) is 5.91 Å². The summed E-state index contributed by atoms with van der Waals surface area (Å²) in [4.78, 5) is 22.5. The number of aliphatic carboxylic acids is 1. The number of benzene rings is 1. The fourth-order valence-corrected chi connectivity index (χ4v) is 1.99. The van der Waals surface area contributed by atoms with Gasteiger partial charge in [0.15, 0.2) is 6.10 Å². The number of nitrogens with one attached hydrogen (secondary N) is 1. The van der Waals surface area contributed by atoms with E-state index in [1.54, 1.807) is 0 Å². The van der Waals surface area contributed by atoms with Gasteiger partial charge in [-0.2, -0.15) is 0 Å². The van der Waals surface area contributed by atoms with Crippen LogP contribution in [0, 0.1) is 0 Å². The number of para-hydroxylation sites is 1. The van der Waals surface area contributed by atoms with Gasteiger partial charge in [-0.1, -0.05) is 18.2 Å². The summed E-state index contributed by atoms with van der Waals surface area (Å²) in [7, 11) is 0. The molecule has 1 aromatic carbocycles. The topological polar surface area (TPSA) is 84.9 Å². The van der Waals surface area contributed by atoms with Gasteiger partial charge < -0.3 is 19.9 Å². The van der Waals surface area contributed by atoms with Gasteiger partial charge in [-0.05, 0) is 25.0 Å². The first-order valence-corrected chi connectivity index (χ1v) is 6.50. The van der Waals surface area contributed by atoms with E-state index in [2.05, 4.69) is 5.32 Å². The van der Waals surface area contributed by atoms with Crippen molar-refractivity contribution in [2.24, 2.45) is 0 Å². The van der Waals surface area contributed by atoms with Crippen molar-refractivity contribution in [3.63, 3.8) is 0 Å². The highest BCUT2D eigenvalue weighted by molar-refractivity contribution is 5.82. The molecule has 0 unspecified atom stereocenters. The molecule has 0 saturated carbocycles. The third-order valence-corrected chi connectivity index (χ3v) is 3.00. The summed E-state index contributed by atoms with van der Waals surface area (Å²) in [5, 5.41) is 11.4. The molecule has 20 heavy (non-hydrogen) atoms. The van der Waals surface area contributed by atoms with E-state index >= 15 is 0 Å². The standard InChI is InChI=1S/C14H17NO5/c16-13(11-6-7-12(20-11)14(17)18)15-8-9-19-10-4-2-1-3-5-10/h1-5,11-12H,6-9H2,(H,15,16)(H,17,18)/t11-,12+/m0/s1. The molecule has 6 heteroatoms. The fourth-order valence-electron chi connectivity index (χ4n) is 1.99. The lowest BCUT2D eigenvalue weighted by atomic mass is 10.2. The Morgan fingerprint density at radius 3 is 2.60 bits per heavy atom. The molecular formula is C14H17NO5. The highest BCUT2D eigenvalue weighted by Crippen LogP contribution is 2.19. The number of carbonyl (C=O) groups excluding carboxylic acids is 1. The van der Waals surface area contributed by atoms with E-state index in [0.717, 1.165) is 5.75 Å². The van der Waals surface area contributed by atoms with Gasteiger partial charge in [0, 0.05) is 0 Å². The normalized spacial score (nSPS) is 21.4. The summed E-state index contributed by atoms with van der Waals surface area (Å²) in [6.45, 7) is 0.705. The summed E-state index contributed by atoms with van der Waals surface area (Å²) in [6.07, 6.45) is -0.741. The molecule has 108 valence electrons. The van der Waals surface area contributed by atoms with Gasteiger partial charge in [-0.15, -0.1) is 0 Å². The lowest BCUT2D eigenvalue weighted by molar-refractivity contribution is -0.151. The summed E-state index contributed by atoms with van der Waals surface area (Å²) in [6, 6.07) is 9.29. The number of carboxylic acid groups (broad SMARTS) is 1. The summed E-state index contributed by atoms with van der Waals surface area (Å²) < 4.78 is 10.6. The number of carbonyl (C=O) groups is 2. The average molecular weight is 279 g/mol. The Kier molecular flexibility index (Phi) is 4.95. The second-order valence-corrected chi connectivity index (χ2v) is 4.48. The lowest BCUT2D eigenvalue weighted by Gasteiger charge is -2.12. The molecule has 1 aromatic rings. The maximum atomic E-state index is 11.7. The average Bonchev–Trinajstić information content (AvgIpc) is 2.94. The maximum absolute atomic E-state index is 11.7. The van der Waals surface area contributed by atoms with Gasteiger partial charge in [0.05, 0.1) is 6.54 Å². The quantitative estimate of drug-likeness (QED) is 0.753. The molecule has 1 aliphatic rings. The molecule has 2 atom stereocenters. The van der Waals surface area contributed by atoms with Crippen LogP contribution in [-0.4, -0.2) is 42.3 Å². The van der Waals surface area contributed by atoms with Crippen LogP contribution < -0.4 is 10.1 Å². The minimum Gasteiger partial charge on any atom is -0.492 e. The predicted octanol–water partition coefficient (Wildman–Crippen LogP) is 0.814. The Hall–Kier alpha value is -2.08. The van der Waals surface area contributed by atoms with E-state index in [-0.39, 0.29) is 5.91 Å². The van der Waals surface area contributed by atoms with Crippen molar-refractivity contribution in [3.05, 3.63) is 30.3 Å². The molecule has 0 aliphatic carbocycles. The fraction of sp³-hybridized carbons (Fsp3) is 0.429. The first-order valence-electron chi connectivity index (χ1n) is 6.50. The second-order valence-electron chi connectivity index (χ2n) is 4.48. The van der Waals surface area contributed by atoms with Crippen molar-refractivity contribution in [2.45, 2.75) is 25.0 Å². The van der Waals surface area contributed by atoms with Gasteiger partial charge in [-0.25, -0.2) is 4.79 Å². The summed E-state index contributed by atoms with van der Waals surface area (Å²) in [5.74, 6) is -0.567. The highest BCUT2D eigenvalue weighted by Gasteiger charge is 2.34. The number of hydrogen-bond donors (Lipinski definition) is 2. The molecule has 0 bridgehead atoms. The third kappa shape index (κ3) is 3.96. The van der Waals surface area contributed by atoms with E-state index in [1.165, 1.54) is 0 Å². The molecule has 2 N–H and O–H groups in total. The first-order chi connectivity index (χ1) is 9.66. The van der Waals surface area contributed by atoms with Crippen LogP contribution in [0.2, 0.25) is 0 Å². The molecule has 1 amide bonds. The first kappa shape index (κ1) is 14.3. The van der Waals surface area contributed by atoms with Crippen molar-refractivity contribution in [1.29, 1.82) is 0 Å². The van der Waals surface area contributed by atoms with Gasteiger partial charge in [-0.3, -0.25) is 4.79 Å². The van der Waals surface area contributed by atoms with Crippen molar-refractivity contribution in [2.75, 3.05) is 13.2 Å². The number of rotatable bonds is 6. The molecule has 1 fully saturated rings. The molecular weight excluding hydrogens is 262 g/mol. The van der Waals surface area contributed by atoms with Crippen LogP contribution >= 0.6 is 0 Å². The molecule has 0 radical (unpaired) electrons. The Bertz CT molecular complexity index is 462. The molecule has 2 rings (SSSR count). The van der Waals surface area contributed by atoms with E-state index in [1.807, 2.05) is 30.3 Å². The molecule has 0 spiro atoms. The van der Waals surface area contributed by atoms with Crippen molar-refractivity contribution >= 4 is 11.9 Å². The molecule has 1 aliphatic heterocycles. The Labute approximate surface area is 116 Å². The Balaban J connectivity index is 1.65. The van der Waals surface area contributed by atoms with E-state index < -0.39 is 18.2 Å². The van der Waals surface area contributed by atoms with Crippen LogP contribution in [-0.2, 0) is 14.3 Å². The van der Waals surface area contributed by atoms with Crippen LogP contribution in [0.5, 0.6) is 5.75 Å². The van der Waals surface area contributed by atoms with Crippen LogP contribution in [0.3, 0.4) is 0 Å². The van der Waals surface area contributed by atoms with Crippen molar-refractivity contribution in [3.8, 4) is 5.75 Å². The highest BCUT2D eigenvalue weighted by atomic mass is 16.5. The second kappa shape index (κ2) is 6.91. The zero-order chi connectivity index (χ0) is 14.4. The number of hydrogen-bond acceptors (Lipinski definition) is 4. The van der Waals surface area contributed by atoms with E-state index in [4.69, 9.17) is 14.6 Å². The minimum atomic E-state index is -1.02. The summed E-state index contributed by atoms with van der Waals surface area (Å²) >= 11 is 0. The summed E-state index contributed by atoms with van der Waals surface area (Å²) in [5.41, 5.74) is 0. The molecule has 1 heterocycles. The van der Waals surface area contributed by atoms with Crippen LogP contribution in [0.4, 0.5) is 0 Å². The third-order valence-electron chi connectivity index (χ3n) is 3.00. The van der Waals surface area contributed by atoms with Crippen molar-refractivity contribution in [1.82, 2.24) is 5.32 Å². The smallest absolute Gasteiger partial charge is 0.332 e. The van der Waals surface area contributed by atoms with Crippen LogP contribution in [0.15, 0.2) is 30.3 Å².